The highest BCUT2D eigenvalue weighted by molar-refractivity contribution is 7.92. The van der Waals surface area contributed by atoms with Crippen molar-refractivity contribution in [3.8, 4) is 0 Å². The first-order valence-corrected chi connectivity index (χ1v) is 9.67. The number of nitrogens with zero attached hydrogens (tertiary/aromatic N) is 1. The second kappa shape index (κ2) is 6.50. The summed E-state index contributed by atoms with van der Waals surface area (Å²) in [5, 5.41) is 0. The van der Waals surface area contributed by atoms with Gasteiger partial charge in [0.25, 0.3) is 10.0 Å². The van der Waals surface area contributed by atoms with E-state index in [1.807, 2.05) is 12.1 Å². The van der Waals surface area contributed by atoms with Crippen LogP contribution in [-0.2, 0) is 14.8 Å². The number of fused-ring (bicyclic) bond motifs is 1. The van der Waals surface area contributed by atoms with Gasteiger partial charge in [0.15, 0.2) is 0 Å². The number of aromatic nitrogens is 2. The smallest absolute Gasteiger partial charge is 0.323 e. The van der Waals surface area contributed by atoms with Crippen molar-refractivity contribution < 1.29 is 13.2 Å². The Morgan fingerprint density at radius 1 is 1.00 bits per heavy atom. The molecule has 3 N–H and O–H groups in total. The summed E-state index contributed by atoms with van der Waals surface area (Å²) in [6.45, 7) is 2.86. The Balaban J connectivity index is 1.61. The van der Waals surface area contributed by atoms with E-state index in [-0.39, 0.29) is 10.6 Å². The maximum Gasteiger partial charge on any atom is 0.323 e. The zero-order valence-electron chi connectivity index (χ0n) is 13.9. The maximum absolute atomic E-state index is 12.7. The van der Waals surface area contributed by atoms with Gasteiger partial charge >= 0.3 is 5.69 Å². The zero-order chi connectivity index (χ0) is 18.1. The molecule has 4 rings (SSSR count). The molecule has 0 atom stereocenters. The molecule has 0 radical (unpaired) electrons. The Morgan fingerprint density at radius 3 is 2.58 bits per heavy atom. The van der Waals surface area contributed by atoms with Crippen LogP contribution in [0, 0.1) is 0 Å². The second-order valence-corrected chi connectivity index (χ2v) is 7.72. The molecule has 136 valence electrons. The number of benzene rings is 2. The largest absolute Gasteiger partial charge is 0.378 e. The summed E-state index contributed by atoms with van der Waals surface area (Å²) < 4.78 is 33.3. The minimum absolute atomic E-state index is 0.0806. The van der Waals surface area contributed by atoms with Crippen LogP contribution in [0.2, 0.25) is 0 Å². The van der Waals surface area contributed by atoms with Gasteiger partial charge in [-0.05, 0) is 36.4 Å². The number of ether oxygens (including phenoxy) is 1. The highest BCUT2D eigenvalue weighted by Gasteiger charge is 2.17. The molecular formula is C17H18N4O4S. The van der Waals surface area contributed by atoms with Crippen LogP contribution < -0.4 is 15.3 Å². The number of imidazole rings is 1. The average molecular weight is 374 g/mol. The van der Waals surface area contributed by atoms with Gasteiger partial charge in [-0.3, -0.25) is 4.72 Å². The second-order valence-electron chi connectivity index (χ2n) is 6.04. The van der Waals surface area contributed by atoms with E-state index in [2.05, 4.69) is 19.6 Å². The van der Waals surface area contributed by atoms with Crippen LogP contribution in [0.1, 0.15) is 0 Å². The zero-order valence-corrected chi connectivity index (χ0v) is 14.7. The first kappa shape index (κ1) is 16.7. The van der Waals surface area contributed by atoms with Gasteiger partial charge in [0, 0.05) is 18.8 Å². The molecule has 1 aliphatic rings. The van der Waals surface area contributed by atoms with Crippen molar-refractivity contribution in [2.24, 2.45) is 0 Å². The topological polar surface area (TPSA) is 107 Å². The summed E-state index contributed by atoms with van der Waals surface area (Å²) >= 11 is 0. The molecule has 8 nitrogen and oxygen atoms in total. The molecule has 0 saturated carbocycles. The predicted octanol–water partition coefficient (Wildman–Crippen LogP) is 1.49. The number of hydrogen-bond donors (Lipinski definition) is 3. The molecule has 1 saturated heterocycles. The molecule has 9 heteroatoms. The number of H-pyrrole nitrogens is 2. The van der Waals surface area contributed by atoms with Gasteiger partial charge in [-0.25, -0.2) is 13.2 Å². The maximum atomic E-state index is 12.7. The van der Waals surface area contributed by atoms with E-state index in [4.69, 9.17) is 4.74 Å². The van der Waals surface area contributed by atoms with Gasteiger partial charge in [0.05, 0.1) is 34.8 Å². The molecule has 1 aliphatic heterocycles. The van der Waals surface area contributed by atoms with Gasteiger partial charge in [-0.1, -0.05) is 6.07 Å². The number of hydrogen-bond acceptors (Lipinski definition) is 5. The van der Waals surface area contributed by atoms with E-state index in [0.29, 0.717) is 29.9 Å². The fraction of sp³-hybridized carbons (Fsp3) is 0.235. The highest BCUT2D eigenvalue weighted by atomic mass is 32.2. The van der Waals surface area contributed by atoms with Gasteiger partial charge in [-0.2, -0.15) is 0 Å². The van der Waals surface area contributed by atoms with Crippen LogP contribution in [0.4, 0.5) is 11.4 Å². The molecule has 2 aromatic carbocycles. The molecule has 0 bridgehead atoms. The molecular weight excluding hydrogens is 356 g/mol. The lowest BCUT2D eigenvalue weighted by Crippen LogP contribution is -2.36. The standard InChI is InChI=1S/C17H18N4O4S/c22-17-18-15-5-4-14(11-16(15)19-17)26(23,24)20-12-2-1-3-13(10-12)21-6-8-25-9-7-21/h1-5,10-11,20H,6-9H2,(H2,18,19,22). The van der Waals surface area contributed by atoms with Crippen molar-refractivity contribution in [3.05, 3.63) is 52.9 Å². The van der Waals surface area contributed by atoms with Gasteiger partial charge in [0.2, 0.25) is 0 Å². The van der Waals surface area contributed by atoms with Crippen molar-refractivity contribution in [2.45, 2.75) is 4.90 Å². The third kappa shape index (κ3) is 3.31. The molecule has 0 spiro atoms. The van der Waals surface area contributed by atoms with E-state index in [1.165, 1.54) is 12.1 Å². The quantitative estimate of drug-likeness (QED) is 0.641. The Labute approximate surface area is 149 Å². The molecule has 3 aromatic rings. The number of rotatable bonds is 4. The number of aromatic amines is 2. The molecule has 1 fully saturated rings. The van der Waals surface area contributed by atoms with Crippen LogP contribution in [0.5, 0.6) is 0 Å². The number of morpholine rings is 1. The summed E-state index contributed by atoms with van der Waals surface area (Å²) in [6.07, 6.45) is 0. The minimum Gasteiger partial charge on any atom is -0.378 e. The van der Waals surface area contributed by atoms with E-state index >= 15 is 0 Å². The molecule has 26 heavy (non-hydrogen) atoms. The summed E-state index contributed by atoms with van der Waals surface area (Å²) in [5.41, 5.74) is 2.06. The van der Waals surface area contributed by atoms with Crippen molar-refractivity contribution in [2.75, 3.05) is 35.9 Å². The minimum atomic E-state index is -3.77. The normalized spacial score (nSPS) is 15.3. The third-order valence-electron chi connectivity index (χ3n) is 4.27. The lowest BCUT2D eigenvalue weighted by molar-refractivity contribution is 0.122. The molecule has 0 unspecified atom stereocenters. The predicted molar refractivity (Wildman–Crippen MR) is 99.2 cm³/mol. The van der Waals surface area contributed by atoms with Crippen molar-refractivity contribution in [1.82, 2.24) is 9.97 Å². The van der Waals surface area contributed by atoms with Crippen LogP contribution in [-0.4, -0.2) is 44.7 Å². The lowest BCUT2D eigenvalue weighted by Gasteiger charge is -2.29. The molecule has 0 amide bonds. The SMILES string of the molecule is O=c1[nH]c2ccc(S(=O)(=O)Nc3cccc(N4CCOCC4)c3)cc2[nH]1. The van der Waals surface area contributed by atoms with Crippen molar-refractivity contribution >= 4 is 32.4 Å². The molecule has 1 aromatic heterocycles. The van der Waals surface area contributed by atoms with Crippen LogP contribution in [0.25, 0.3) is 11.0 Å². The van der Waals surface area contributed by atoms with Gasteiger partial charge < -0.3 is 19.6 Å². The number of sulfonamides is 1. The van der Waals surface area contributed by atoms with Crippen LogP contribution in [0.3, 0.4) is 0 Å². The summed E-state index contributed by atoms with van der Waals surface area (Å²) in [5.74, 6) is 0. The summed E-state index contributed by atoms with van der Waals surface area (Å²) in [4.78, 5) is 18.7. The van der Waals surface area contributed by atoms with Gasteiger partial charge in [-0.15, -0.1) is 0 Å². The summed E-state index contributed by atoms with van der Waals surface area (Å²) in [6, 6.07) is 11.7. The Kier molecular flexibility index (Phi) is 4.17. The first-order valence-electron chi connectivity index (χ1n) is 8.19. The van der Waals surface area contributed by atoms with Gasteiger partial charge in [0.1, 0.15) is 0 Å². The fourth-order valence-electron chi connectivity index (χ4n) is 2.98. The molecule has 0 aliphatic carbocycles. The van der Waals surface area contributed by atoms with E-state index in [9.17, 15) is 13.2 Å². The van der Waals surface area contributed by atoms with Crippen LogP contribution >= 0.6 is 0 Å². The lowest BCUT2D eigenvalue weighted by atomic mass is 10.2. The third-order valence-corrected chi connectivity index (χ3v) is 5.65. The Bertz CT molecular complexity index is 1100. The molecule has 2 heterocycles. The highest BCUT2D eigenvalue weighted by Crippen LogP contribution is 2.23. The first-order chi connectivity index (χ1) is 12.5. The van der Waals surface area contributed by atoms with Crippen molar-refractivity contribution in [3.63, 3.8) is 0 Å². The van der Waals surface area contributed by atoms with Crippen molar-refractivity contribution in [1.29, 1.82) is 0 Å². The summed E-state index contributed by atoms with van der Waals surface area (Å²) in [7, 11) is -3.77. The average Bonchev–Trinajstić information content (AvgIpc) is 3.01. The number of anilines is 2. The fourth-order valence-corrected chi connectivity index (χ4v) is 4.06. The van der Waals surface area contributed by atoms with Crippen LogP contribution in [0.15, 0.2) is 52.2 Å². The number of nitrogens with one attached hydrogen (secondary N) is 3. The van der Waals surface area contributed by atoms with E-state index in [0.717, 1.165) is 18.8 Å². The van der Waals surface area contributed by atoms with E-state index < -0.39 is 10.0 Å². The Morgan fingerprint density at radius 2 is 1.77 bits per heavy atom. The monoisotopic (exact) mass is 374 g/mol. The Hall–Kier alpha value is -2.78. The van der Waals surface area contributed by atoms with E-state index in [1.54, 1.807) is 18.2 Å².